The molecule has 1 amide bonds. The minimum Gasteiger partial charge on any atom is -0.444 e. The second-order valence-electron chi connectivity index (χ2n) is 5.29. The Kier molecular flexibility index (Phi) is 3.47. The van der Waals surface area contributed by atoms with Gasteiger partial charge in [-0.15, -0.1) is 0 Å². The number of nitrogens with zero attached hydrogens (tertiary/aromatic N) is 2. The summed E-state index contributed by atoms with van der Waals surface area (Å²) in [6.45, 7) is 6.92. The summed E-state index contributed by atoms with van der Waals surface area (Å²) in [5, 5.41) is 3.95. The predicted octanol–water partition coefficient (Wildman–Crippen LogP) is 2.48. The molecule has 0 spiro atoms. The summed E-state index contributed by atoms with van der Waals surface area (Å²) in [4.78, 5) is 19.3. The van der Waals surface area contributed by atoms with Crippen LogP contribution in [0.1, 0.15) is 31.3 Å². The summed E-state index contributed by atoms with van der Waals surface area (Å²) in [6, 6.07) is 0. The van der Waals surface area contributed by atoms with Crippen LogP contribution in [-0.2, 0) is 17.7 Å². The first-order chi connectivity index (χ1) is 8.39. The van der Waals surface area contributed by atoms with Crippen LogP contribution in [0.5, 0.6) is 0 Å². The largest absolute Gasteiger partial charge is 0.444 e. The van der Waals surface area contributed by atoms with E-state index >= 15 is 0 Å². The third kappa shape index (κ3) is 2.93. The molecule has 1 N–H and O–H groups in total. The molecule has 100 valence electrons. The molecule has 0 aromatic carbocycles. The van der Waals surface area contributed by atoms with E-state index in [1.807, 2.05) is 27.8 Å². The molecule has 0 unspecified atom stereocenters. The number of ether oxygens (including phenoxy) is 1. The number of carbonyl (C=O) groups excluding carboxylic acids is 1. The highest BCUT2D eigenvalue weighted by Gasteiger charge is 2.27. The molecule has 1 aliphatic heterocycles. The number of amides is 1. The predicted molar refractivity (Wildman–Crippen MR) is 72.0 cm³/mol. The third-order valence-electron chi connectivity index (χ3n) is 2.60. The van der Waals surface area contributed by atoms with Crippen molar-refractivity contribution in [1.82, 2.24) is 9.88 Å². The second-order valence-corrected chi connectivity index (χ2v) is 6.37. The zero-order valence-corrected chi connectivity index (χ0v) is 12.1. The first-order valence-corrected chi connectivity index (χ1v) is 6.85. The van der Waals surface area contributed by atoms with Crippen molar-refractivity contribution in [3.63, 3.8) is 0 Å². The highest BCUT2D eigenvalue weighted by Crippen LogP contribution is 2.28. The number of fused-ring (bicyclic) bond motifs is 1. The zero-order valence-electron chi connectivity index (χ0n) is 11.2. The summed E-state index contributed by atoms with van der Waals surface area (Å²) in [7, 11) is 1.86. The SMILES string of the molecule is CNc1nc2c(s1)CN(C(=O)OC(C)(C)C)CC2. The topological polar surface area (TPSA) is 54.5 Å². The average Bonchev–Trinajstić information content (AvgIpc) is 2.68. The molecule has 0 aliphatic carbocycles. The first kappa shape index (κ1) is 13.1. The molecule has 0 saturated heterocycles. The molecule has 0 radical (unpaired) electrons. The minimum atomic E-state index is -0.443. The number of rotatable bonds is 1. The Morgan fingerprint density at radius 2 is 2.22 bits per heavy atom. The van der Waals surface area contributed by atoms with Gasteiger partial charge in [-0.2, -0.15) is 0 Å². The van der Waals surface area contributed by atoms with E-state index in [2.05, 4.69) is 10.3 Å². The van der Waals surface area contributed by atoms with Crippen LogP contribution < -0.4 is 5.32 Å². The van der Waals surface area contributed by atoms with Gasteiger partial charge < -0.3 is 15.0 Å². The maximum atomic E-state index is 12.0. The molecule has 1 aromatic rings. The summed E-state index contributed by atoms with van der Waals surface area (Å²) in [6.07, 6.45) is 0.555. The molecule has 0 bridgehead atoms. The van der Waals surface area contributed by atoms with Gasteiger partial charge in [0, 0.05) is 24.9 Å². The van der Waals surface area contributed by atoms with Gasteiger partial charge in [0.05, 0.1) is 12.2 Å². The smallest absolute Gasteiger partial charge is 0.410 e. The maximum absolute atomic E-state index is 12.0. The summed E-state index contributed by atoms with van der Waals surface area (Å²) in [5.41, 5.74) is 0.658. The van der Waals surface area contributed by atoms with E-state index in [1.54, 1.807) is 16.2 Å². The first-order valence-electron chi connectivity index (χ1n) is 6.03. The van der Waals surface area contributed by atoms with Crippen molar-refractivity contribution in [2.75, 3.05) is 18.9 Å². The van der Waals surface area contributed by atoms with E-state index in [1.165, 1.54) is 0 Å². The Morgan fingerprint density at radius 1 is 1.50 bits per heavy atom. The van der Waals surface area contributed by atoms with Crippen molar-refractivity contribution in [3.8, 4) is 0 Å². The summed E-state index contributed by atoms with van der Waals surface area (Å²) < 4.78 is 5.38. The molecule has 18 heavy (non-hydrogen) atoms. The number of aromatic nitrogens is 1. The molecule has 2 heterocycles. The molecule has 5 nitrogen and oxygen atoms in total. The molecule has 0 fully saturated rings. The van der Waals surface area contributed by atoms with Crippen LogP contribution in [0.25, 0.3) is 0 Å². The van der Waals surface area contributed by atoms with Crippen molar-refractivity contribution in [1.29, 1.82) is 0 Å². The van der Waals surface area contributed by atoms with Gasteiger partial charge in [0.2, 0.25) is 0 Å². The normalized spacial score (nSPS) is 15.2. The molecule has 6 heteroatoms. The van der Waals surface area contributed by atoms with Crippen LogP contribution >= 0.6 is 11.3 Å². The quantitative estimate of drug-likeness (QED) is 0.851. The minimum absolute atomic E-state index is 0.243. The van der Waals surface area contributed by atoms with Crippen LogP contribution in [-0.4, -0.2) is 35.2 Å². The monoisotopic (exact) mass is 269 g/mol. The highest BCUT2D eigenvalue weighted by atomic mass is 32.1. The third-order valence-corrected chi connectivity index (χ3v) is 3.70. The molecular weight excluding hydrogens is 250 g/mol. The van der Waals surface area contributed by atoms with Crippen LogP contribution in [0.3, 0.4) is 0 Å². The standard InChI is InChI=1S/C12H19N3O2S/c1-12(2,3)17-11(16)15-6-5-8-9(7-15)18-10(13-4)14-8/h5-7H2,1-4H3,(H,13,14). The van der Waals surface area contributed by atoms with Crippen molar-refractivity contribution in [2.24, 2.45) is 0 Å². The lowest BCUT2D eigenvalue weighted by atomic mass is 10.2. The van der Waals surface area contributed by atoms with Crippen molar-refractivity contribution < 1.29 is 9.53 Å². The van der Waals surface area contributed by atoms with Crippen LogP contribution in [0, 0.1) is 0 Å². The van der Waals surface area contributed by atoms with Crippen LogP contribution in [0.2, 0.25) is 0 Å². The summed E-state index contributed by atoms with van der Waals surface area (Å²) >= 11 is 1.60. The van der Waals surface area contributed by atoms with Gasteiger partial charge >= 0.3 is 6.09 Å². The fourth-order valence-corrected chi connectivity index (χ4v) is 2.76. The van der Waals surface area contributed by atoms with Gasteiger partial charge in [0.15, 0.2) is 5.13 Å². The van der Waals surface area contributed by atoms with Crippen LogP contribution in [0.4, 0.5) is 9.93 Å². The Labute approximate surface area is 111 Å². The molecular formula is C12H19N3O2S. The van der Waals surface area contributed by atoms with E-state index in [0.717, 1.165) is 22.1 Å². The number of hydrogen-bond donors (Lipinski definition) is 1. The number of thiazole rings is 1. The Hall–Kier alpha value is -1.30. The number of hydrogen-bond acceptors (Lipinski definition) is 5. The highest BCUT2D eigenvalue weighted by molar-refractivity contribution is 7.15. The van der Waals surface area contributed by atoms with E-state index in [4.69, 9.17) is 4.74 Å². The number of carbonyl (C=O) groups is 1. The van der Waals surface area contributed by atoms with Gasteiger partial charge in [-0.3, -0.25) is 0 Å². The van der Waals surface area contributed by atoms with Gasteiger partial charge in [-0.05, 0) is 20.8 Å². The van der Waals surface area contributed by atoms with E-state index < -0.39 is 5.60 Å². The van der Waals surface area contributed by atoms with Gasteiger partial charge in [-0.25, -0.2) is 9.78 Å². The lowest BCUT2D eigenvalue weighted by Gasteiger charge is -2.29. The van der Waals surface area contributed by atoms with Gasteiger partial charge in [0.1, 0.15) is 5.60 Å². The number of anilines is 1. The fraction of sp³-hybridized carbons (Fsp3) is 0.667. The zero-order chi connectivity index (χ0) is 13.3. The molecule has 0 saturated carbocycles. The molecule has 1 aliphatic rings. The lowest BCUT2D eigenvalue weighted by molar-refractivity contribution is 0.0226. The van der Waals surface area contributed by atoms with Gasteiger partial charge in [-0.1, -0.05) is 11.3 Å². The Balaban J connectivity index is 2.05. The molecule has 2 rings (SSSR count). The van der Waals surface area contributed by atoms with E-state index in [-0.39, 0.29) is 6.09 Å². The molecule has 0 atom stereocenters. The van der Waals surface area contributed by atoms with Crippen molar-refractivity contribution in [3.05, 3.63) is 10.6 Å². The lowest BCUT2D eigenvalue weighted by Crippen LogP contribution is -2.39. The Bertz CT molecular complexity index is 451. The summed E-state index contributed by atoms with van der Waals surface area (Å²) in [5.74, 6) is 0. The number of nitrogens with one attached hydrogen (secondary N) is 1. The average molecular weight is 269 g/mol. The second kappa shape index (κ2) is 4.76. The van der Waals surface area contributed by atoms with Gasteiger partial charge in [0.25, 0.3) is 0 Å². The van der Waals surface area contributed by atoms with E-state index in [0.29, 0.717) is 13.1 Å². The van der Waals surface area contributed by atoms with Crippen molar-refractivity contribution >= 4 is 22.6 Å². The van der Waals surface area contributed by atoms with Crippen LogP contribution in [0.15, 0.2) is 0 Å². The Morgan fingerprint density at radius 3 is 2.83 bits per heavy atom. The fourth-order valence-electron chi connectivity index (χ4n) is 1.78. The van der Waals surface area contributed by atoms with E-state index in [9.17, 15) is 4.79 Å². The molecule has 1 aromatic heterocycles. The maximum Gasteiger partial charge on any atom is 0.410 e. The van der Waals surface area contributed by atoms with Crippen molar-refractivity contribution in [2.45, 2.75) is 39.3 Å².